The molecule has 1 aromatic heterocycles. The number of aromatic hydroxyl groups is 1. The second kappa shape index (κ2) is 10.7. The van der Waals surface area contributed by atoms with E-state index in [1.165, 1.54) is 19.3 Å². The van der Waals surface area contributed by atoms with Crippen LogP contribution in [-0.4, -0.2) is 30.0 Å². The van der Waals surface area contributed by atoms with Gasteiger partial charge >= 0.3 is 5.63 Å². The minimum atomic E-state index is -0.723. The zero-order chi connectivity index (χ0) is 18.8. The number of benzene rings is 1. The van der Waals surface area contributed by atoms with Gasteiger partial charge in [-0.15, -0.1) is 0 Å². The molecule has 1 aromatic carbocycles. The Bertz CT molecular complexity index is 737. The summed E-state index contributed by atoms with van der Waals surface area (Å²) in [6.45, 7) is 2.84. The van der Waals surface area contributed by atoms with Crippen molar-refractivity contribution in [2.24, 2.45) is 0 Å². The first-order valence-electron chi connectivity index (χ1n) is 9.34. The molecule has 0 radical (unpaired) electrons. The molecule has 26 heavy (non-hydrogen) atoms. The molecule has 0 saturated heterocycles. The number of aliphatic hydroxyl groups excluding tert-OH is 1. The van der Waals surface area contributed by atoms with Crippen LogP contribution in [-0.2, 0) is 0 Å². The highest BCUT2D eigenvalue weighted by atomic mass is 16.5. The molecule has 0 aliphatic carbocycles. The maximum absolute atomic E-state index is 12.2. The molecule has 0 saturated carbocycles. The Kier molecular flexibility index (Phi) is 8.28. The van der Waals surface area contributed by atoms with E-state index in [2.05, 4.69) is 6.92 Å². The summed E-state index contributed by atoms with van der Waals surface area (Å²) in [6.07, 6.45) is 7.11. The van der Waals surface area contributed by atoms with Gasteiger partial charge in [-0.2, -0.15) is 0 Å². The van der Waals surface area contributed by atoms with Crippen LogP contribution < -0.4 is 15.1 Å². The van der Waals surface area contributed by atoms with E-state index in [4.69, 9.17) is 19.0 Å². The largest absolute Gasteiger partial charge is 0.504 e. The van der Waals surface area contributed by atoms with Crippen molar-refractivity contribution >= 4 is 11.0 Å². The van der Waals surface area contributed by atoms with Crippen molar-refractivity contribution in [1.29, 1.82) is 0 Å². The van der Waals surface area contributed by atoms with E-state index in [0.29, 0.717) is 24.2 Å². The predicted octanol–water partition coefficient (Wildman–Crippen LogP) is 4.00. The molecule has 1 heterocycles. The fraction of sp³-hybridized carbons (Fsp3) is 0.550. The number of aliphatic hydroxyl groups is 1. The van der Waals surface area contributed by atoms with Gasteiger partial charge in [-0.3, -0.25) is 0 Å². The van der Waals surface area contributed by atoms with Crippen molar-refractivity contribution in [1.82, 2.24) is 0 Å². The maximum Gasteiger partial charge on any atom is 0.383 e. The van der Waals surface area contributed by atoms with Gasteiger partial charge in [-0.25, -0.2) is 4.79 Å². The first kappa shape index (κ1) is 20.1. The minimum absolute atomic E-state index is 0.0103. The van der Waals surface area contributed by atoms with Crippen LogP contribution >= 0.6 is 0 Å². The average molecular weight is 364 g/mol. The van der Waals surface area contributed by atoms with E-state index in [0.717, 1.165) is 19.3 Å². The van der Waals surface area contributed by atoms with Crippen LogP contribution in [0.1, 0.15) is 51.9 Å². The van der Waals surface area contributed by atoms with Crippen molar-refractivity contribution in [2.45, 2.75) is 51.9 Å². The van der Waals surface area contributed by atoms with Gasteiger partial charge in [0.05, 0.1) is 18.6 Å². The zero-order valence-corrected chi connectivity index (χ0v) is 15.3. The van der Waals surface area contributed by atoms with Crippen LogP contribution in [0.5, 0.6) is 17.2 Å². The van der Waals surface area contributed by atoms with Crippen LogP contribution in [0.2, 0.25) is 0 Å². The second-order valence-electron chi connectivity index (χ2n) is 6.24. The summed E-state index contributed by atoms with van der Waals surface area (Å²) in [6, 6.07) is 5.00. The molecule has 144 valence electrons. The summed E-state index contributed by atoms with van der Waals surface area (Å²) < 4.78 is 16.3. The van der Waals surface area contributed by atoms with Crippen molar-refractivity contribution < 1.29 is 24.1 Å². The Morgan fingerprint density at radius 3 is 2.50 bits per heavy atom. The molecule has 2 rings (SSSR count). The van der Waals surface area contributed by atoms with Crippen LogP contribution in [0.25, 0.3) is 11.0 Å². The first-order chi connectivity index (χ1) is 12.7. The number of hydrogen-bond acceptors (Lipinski definition) is 6. The Morgan fingerprint density at radius 1 is 1.00 bits per heavy atom. The van der Waals surface area contributed by atoms with Gasteiger partial charge in [0.15, 0.2) is 17.1 Å². The topological polar surface area (TPSA) is 89.1 Å². The molecule has 2 N–H and O–H groups in total. The molecule has 0 unspecified atom stereocenters. The Labute approximate surface area is 153 Å². The smallest absolute Gasteiger partial charge is 0.383 e. The van der Waals surface area contributed by atoms with Gasteiger partial charge in [0.1, 0.15) is 0 Å². The number of fused-ring (bicyclic) bond motifs is 1. The molecule has 0 atom stereocenters. The third-order valence-electron chi connectivity index (χ3n) is 4.13. The number of rotatable bonds is 12. The Hall–Kier alpha value is -2.21. The minimum Gasteiger partial charge on any atom is -0.504 e. The molecule has 0 bridgehead atoms. The molecule has 0 aliphatic heterocycles. The fourth-order valence-electron chi connectivity index (χ4n) is 2.71. The van der Waals surface area contributed by atoms with E-state index < -0.39 is 5.63 Å². The molecule has 0 spiro atoms. The third kappa shape index (κ3) is 5.39. The second-order valence-corrected chi connectivity index (χ2v) is 6.24. The summed E-state index contributed by atoms with van der Waals surface area (Å²) in [5.74, 6) is -0.0285. The molecule has 0 amide bonds. The monoisotopic (exact) mass is 364 g/mol. The van der Waals surface area contributed by atoms with Gasteiger partial charge in [0, 0.05) is 13.0 Å². The molecular weight excluding hydrogens is 336 g/mol. The Balaban J connectivity index is 2.06. The molecule has 0 aliphatic rings. The maximum atomic E-state index is 12.2. The van der Waals surface area contributed by atoms with E-state index in [1.807, 2.05) is 0 Å². The lowest BCUT2D eigenvalue weighted by atomic mass is 10.1. The number of unbranched alkanes of at least 4 members (excludes halogenated alkanes) is 5. The molecule has 6 heteroatoms. The van der Waals surface area contributed by atoms with E-state index >= 15 is 0 Å². The lowest BCUT2D eigenvalue weighted by Gasteiger charge is -2.11. The summed E-state index contributed by atoms with van der Waals surface area (Å²) in [5.41, 5.74) is -0.543. The van der Waals surface area contributed by atoms with Gasteiger partial charge in [0.2, 0.25) is 5.75 Å². The lowest BCUT2D eigenvalue weighted by molar-refractivity contribution is 0.232. The molecule has 0 fully saturated rings. The van der Waals surface area contributed by atoms with Gasteiger partial charge in [-0.1, -0.05) is 45.1 Å². The highest BCUT2D eigenvalue weighted by molar-refractivity contribution is 5.89. The van der Waals surface area contributed by atoms with Crippen molar-refractivity contribution in [3.8, 4) is 17.2 Å². The van der Waals surface area contributed by atoms with E-state index in [-0.39, 0.29) is 30.3 Å². The summed E-state index contributed by atoms with van der Waals surface area (Å²) in [7, 11) is 0. The predicted molar refractivity (Wildman–Crippen MR) is 100 cm³/mol. The lowest BCUT2D eigenvalue weighted by Crippen LogP contribution is -2.09. The summed E-state index contributed by atoms with van der Waals surface area (Å²) >= 11 is 0. The SMILES string of the molecule is CCCCCCCCOc1c(O)c2cccc(OCCCO)c2oc1=O. The van der Waals surface area contributed by atoms with E-state index in [1.54, 1.807) is 18.2 Å². The van der Waals surface area contributed by atoms with Crippen molar-refractivity contribution in [2.75, 3.05) is 19.8 Å². The van der Waals surface area contributed by atoms with Gasteiger partial charge in [-0.05, 0) is 18.6 Å². The normalized spacial score (nSPS) is 11.0. The van der Waals surface area contributed by atoms with Crippen LogP contribution in [0, 0.1) is 0 Å². The molecule has 6 nitrogen and oxygen atoms in total. The summed E-state index contributed by atoms with van der Waals surface area (Å²) in [4.78, 5) is 12.2. The standard InChI is InChI=1S/C20H28O6/c1-2-3-4-5-6-7-13-25-19-17(22)15-10-8-11-16(24-14-9-12-21)18(15)26-20(19)23/h8,10-11,21-22H,2-7,9,12-14H2,1H3. The van der Waals surface area contributed by atoms with E-state index in [9.17, 15) is 9.90 Å². The van der Waals surface area contributed by atoms with Crippen molar-refractivity contribution in [3.63, 3.8) is 0 Å². The van der Waals surface area contributed by atoms with Crippen molar-refractivity contribution in [3.05, 3.63) is 28.6 Å². The van der Waals surface area contributed by atoms with Crippen LogP contribution in [0.3, 0.4) is 0 Å². The number of hydrogen-bond donors (Lipinski definition) is 2. The average Bonchev–Trinajstić information content (AvgIpc) is 2.64. The number of para-hydroxylation sites is 1. The molecular formula is C20H28O6. The Morgan fingerprint density at radius 2 is 1.73 bits per heavy atom. The fourth-order valence-corrected chi connectivity index (χ4v) is 2.71. The highest BCUT2D eigenvalue weighted by Gasteiger charge is 2.18. The zero-order valence-electron chi connectivity index (χ0n) is 15.3. The highest BCUT2D eigenvalue weighted by Crippen LogP contribution is 2.35. The van der Waals surface area contributed by atoms with Gasteiger partial charge < -0.3 is 24.1 Å². The quantitative estimate of drug-likeness (QED) is 0.437. The van der Waals surface area contributed by atoms with Crippen LogP contribution in [0.4, 0.5) is 0 Å². The number of ether oxygens (including phenoxy) is 2. The van der Waals surface area contributed by atoms with Gasteiger partial charge in [0.25, 0.3) is 0 Å². The molecule has 2 aromatic rings. The first-order valence-corrected chi connectivity index (χ1v) is 9.34. The summed E-state index contributed by atoms with van der Waals surface area (Å²) in [5, 5.41) is 19.6. The van der Waals surface area contributed by atoms with Crippen LogP contribution in [0.15, 0.2) is 27.4 Å². The third-order valence-corrected chi connectivity index (χ3v) is 4.13.